The fourth-order valence-electron chi connectivity index (χ4n) is 2.17. The Morgan fingerprint density at radius 3 is 2.35 bits per heavy atom. The summed E-state index contributed by atoms with van der Waals surface area (Å²) in [6.45, 7) is 3.66. The number of rotatable bonds is 7. The average molecular weight is 281 g/mol. The van der Waals surface area contributed by atoms with E-state index in [2.05, 4.69) is 5.32 Å². The van der Waals surface area contributed by atoms with E-state index in [1.165, 1.54) is 6.07 Å². The number of carboxylic acid groups (broad SMARTS) is 1. The molecule has 0 atom stereocenters. The molecule has 0 aliphatic carbocycles. The normalized spacial score (nSPS) is 11.2. The minimum atomic E-state index is -0.958. The first-order valence-electron chi connectivity index (χ1n) is 6.68. The summed E-state index contributed by atoms with van der Waals surface area (Å²) in [5.74, 6) is -1.75. The Morgan fingerprint density at radius 2 is 1.85 bits per heavy atom. The highest BCUT2D eigenvalue weighted by Crippen LogP contribution is 2.20. The molecule has 1 aromatic carbocycles. The van der Waals surface area contributed by atoms with Crippen molar-refractivity contribution in [3.63, 3.8) is 0 Å². The van der Waals surface area contributed by atoms with Gasteiger partial charge >= 0.3 is 5.97 Å². The van der Waals surface area contributed by atoms with Gasteiger partial charge in [0.1, 0.15) is 5.82 Å². The number of aliphatic carboxylic acids is 1. The molecule has 20 heavy (non-hydrogen) atoms. The molecule has 0 unspecified atom stereocenters. The highest BCUT2D eigenvalue weighted by molar-refractivity contribution is 5.80. The van der Waals surface area contributed by atoms with E-state index in [4.69, 9.17) is 5.11 Å². The Kier molecular flexibility index (Phi) is 5.67. The first kappa shape index (κ1) is 16.1. The summed E-state index contributed by atoms with van der Waals surface area (Å²) in [7, 11) is 0. The van der Waals surface area contributed by atoms with Gasteiger partial charge < -0.3 is 10.4 Å². The van der Waals surface area contributed by atoms with Crippen molar-refractivity contribution in [1.29, 1.82) is 0 Å². The maximum Gasteiger partial charge on any atom is 0.305 e. The number of hydrogen-bond acceptors (Lipinski definition) is 2. The minimum absolute atomic E-state index is 0.0892. The summed E-state index contributed by atoms with van der Waals surface area (Å²) >= 11 is 0. The predicted molar refractivity (Wildman–Crippen MR) is 73.8 cm³/mol. The van der Waals surface area contributed by atoms with Gasteiger partial charge in [0.2, 0.25) is 5.91 Å². The lowest BCUT2D eigenvalue weighted by molar-refractivity contribution is -0.139. The number of nitrogens with one attached hydrogen (secondary N) is 1. The molecule has 0 fully saturated rings. The zero-order chi connectivity index (χ0) is 15.2. The minimum Gasteiger partial charge on any atom is -0.481 e. The summed E-state index contributed by atoms with van der Waals surface area (Å²) in [4.78, 5) is 22.9. The zero-order valence-electron chi connectivity index (χ0n) is 11.8. The topological polar surface area (TPSA) is 66.4 Å². The van der Waals surface area contributed by atoms with Crippen molar-refractivity contribution in [3.05, 3.63) is 35.6 Å². The van der Waals surface area contributed by atoms with Crippen molar-refractivity contribution in [2.45, 2.75) is 45.1 Å². The number of carbonyl (C=O) groups is 2. The standard InChI is InChI=1S/C15H20FNO3/c1-3-15(4-2,10-14(19)20)17-13(18)9-11-7-5-6-8-12(11)16/h5-8H,3-4,9-10H2,1-2H3,(H,17,18)(H,19,20). The second kappa shape index (κ2) is 7.03. The van der Waals surface area contributed by atoms with Crippen LogP contribution in [0.1, 0.15) is 38.7 Å². The molecular formula is C15H20FNO3. The van der Waals surface area contributed by atoms with Crippen LogP contribution in [0, 0.1) is 5.82 Å². The maximum absolute atomic E-state index is 13.5. The molecule has 0 radical (unpaired) electrons. The van der Waals surface area contributed by atoms with Crippen molar-refractivity contribution < 1.29 is 19.1 Å². The van der Waals surface area contributed by atoms with E-state index in [0.717, 1.165) is 0 Å². The van der Waals surface area contributed by atoms with Gasteiger partial charge in [-0.1, -0.05) is 32.0 Å². The van der Waals surface area contributed by atoms with Crippen molar-refractivity contribution in [2.24, 2.45) is 0 Å². The Balaban J connectivity index is 2.77. The highest BCUT2D eigenvalue weighted by Gasteiger charge is 2.30. The van der Waals surface area contributed by atoms with Crippen LogP contribution in [-0.2, 0) is 16.0 Å². The number of carbonyl (C=O) groups excluding carboxylic acids is 1. The molecule has 0 aliphatic heterocycles. The molecule has 1 amide bonds. The smallest absolute Gasteiger partial charge is 0.305 e. The Bertz CT molecular complexity index is 484. The van der Waals surface area contributed by atoms with E-state index in [9.17, 15) is 14.0 Å². The number of hydrogen-bond donors (Lipinski definition) is 2. The maximum atomic E-state index is 13.5. The van der Waals surface area contributed by atoms with E-state index in [1.54, 1.807) is 18.2 Å². The zero-order valence-corrected chi connectivity index (χ0v) is 11.8. The van der Waals surface area contributed by atoms with Gasteiger partial charge in [0.15, 0.2) is 0 Å². The van der Waals surface area contributed by atoms with E-state index < -0.39 is 17.3 Å². The van der Waals surface area contributed by atoms with Gasteiger partial charge in [0.25, 0.3) is 0 Å². The van der Waals surface area contributed by atoms with E-state index in [0.29, 0.717) is 18.4 Å². The summed E-state index contributed by atoms with van der Waals surface area (Å²) in [5.41, 5.74) is -0.463. The molecule has 0 bridgehead atoms. The molecule has 2 N–H and O–H groups in total. The Labute approximate surface area is 118 Å². The Hall–Kier alpha value is -1.91. The lowest BCUT2D eigenvalue weighted by Gasteiger charge is -2.31. The fraction of sp³-hybridized carbons (Fsp3) is 0.467. The van der Waals surface area contributed by atoms with Gasteiger partial charge in [-0.2, -0.15) is 0 Å². The van der Waals surface area contributed by atoms with Crippen LogP contribution in [0.3, 0.4) is 0 Å². The lowest BCUT2D eigenvalue weighted by atomic mass is 9.88. The molecule has 0 saturated carbocycles. The molecule has 0 heterocycles. The van der Waals surface area contributed by atoms with E-state index >= 15 is 0 Å². The van der Waals surface area contributed by atoms with Gasteiger partial charge in [-0.05, 0) is 24.5 Å². The second-order valence-corrected chi connectivity index (χ2v) is 4.87. The van der Waals surface area contributed by atoms with Crippen LogP contribution in [0.15, 0.2) is 24.3 Å². The quantitative estimate of drug-likeness (QED) is 0.807. The number of benzene rings is 1. The first-order chi connectivity index (χ1) is 9.42. The van der Waals surface area contributed by atoms with Crippen LogP contribution in [-0.4, -0.2) is 22.5 Å². The van der Waals surface area contributed by atoms with Crippen LogP contribution >= 0.6 is 0 Å². The van der Waals surface area contributed by atoms with Crippen LogP contribution < -0.4 is 5.32 Å². The fourth-order valence-corrected chi connectivity index (χ4v) is 2.17. The van der Waals surface area contributed by atoms with Crippen LogP contribution in [0.25, 0.3) is 0 Å². The molecule has 110 valence electrons. The van der Waals surface area contributed by atoms with Crippen LogP contribution in [0.2, 0.25) is 0 Å². The third kappa shape index (κ3) is 4.33. The number of amides is 1. The molecule has 0 aromatic heterocycles. The summed E-state index contributed by atoms with van der Waals surface area (Å²) < 4.78 is 13.5. The third-order valence-corrected chi connectivity index (χ3v) is 3.56. The first-order valence-corrected chi connectivity index (χ1v) is 6.68. The predicted octanol–water partition coefficient (Wildman–Crippen LogP) is 2.52. The largest absolute Gasteiger partial charge is 0.481 e. The van der Waals surface area contributed by atoms with Crippen LogP contribution in [0.5, 0.6) is 0 Å². The van der Waals surface area contributed by atoms with E-state index in [-0.39, 0.29) is 18.7 Å². The summed E-state index contributed by atoms with van der Waals surface area (Å²) in [6.07, 6.45) is 0.800. The molecule has 1 rings (SSSR count). The second-order valence-electron chi connectivity index (χ2n) is 4.87. The van der Waals surface area contributed by atoms with Crippen molar-refractivity contribution in [2.75, 3.05) is 0 Å². The molecule has 0 spiro atoms. The lowest BCUT2D eigenvalue weighted by Crippen LogP contribution is -2.49. The molecule has 5 heteroatoms. The summed E-state index contributed by atoms with van der Waals surface area (Å²) in [5, 5.41) is 11.7. The third-order valence-electron chi connectivity index (χ3n) is 3.56. The molecule has 1 aromatic rings. The van der Waals surface area contributed by atoms with E-state index in [1.807, 2.05) is 13.8 Å². The van der Waals surface area contributed by atoms with Gasteiger partial charge in [-0.15, -0.1) is 0 Å². The molecule has 4 nitrogen and oxygen atoms in total. The molecular weight excluding hydrogens is 261 g/mol. The van der Waals surface area contributed by atoms with Gasteiger partial charge in [-0.3, -0.25) is 9.59 Å². The SMILES string of the molecule is CCC(CC)(CC(=O)O)NC(=O)Cc1ccccc1F. The van der Waals surface area contributed by atoms with Crippen molar-refractivity contribution in [3.8, 4) is 0 Å². The summed E-state index contributed by atoms with van der Waals surface area (Å²) in [6, 6.07) is 6.07. The highest BCUT2D eigenvalue weighted by atomic mass is 19.1. The molecule has 0 saturated heterocycles. The van der Waals surface area contributed by atoms with Crippen molar-refractivity contribution >= 4 is 11.9 Å². The monoisotopic (exact) mass is 281 g/mol. The Morgan fingerprint density at radius 1 is 1.25 bits per heavy atom. The van der Waals surface area contributed by atoms with Crippen molar-refractivity contribution in [1.82, 2.24) is 5.32 Å². The number of carboxylic acids is 1. The molecule has 0 aliphatic rings. The van der Waals surface area contributed by atoms with Crippen LogP contribution in [0.4, 0.5) is 4.39 Å². The van der Waals surface area contributed by atoms with Gasteiger partial charge in [0, 0.05) is 5.54 Å². The average Bonchev–Trinajstić information content (AvgIpc) is 2.40. The number of halogens is 1. The van der Waals surface area contributed by atoms with Gasteiger partial charge in [0.05, 0.1) is 12.8 Å². The van der Waals surface area contributed by atoms with Gasteiger partial charge in [-0.25, -0.2) is 4.39 Å².